The van der Waals surface area contributed by atoms with Crippen LogP contribution >= 0.6 is 11.3 Å². The zero-order valence-electron chi connectivity index (χ0n) is 17.7. The van der Waals surface area contributed by atoms with E-state index in [0.29, 0.717) is 19.8 Å². The van der Waals surface area contributed by atoms with E-state index < -0.39 is 0 Å². The number of benzene rings is 2. The summed E-state index contributed by atoms with van der Waals surface area (Å²) in [5.41, 5.74) is 4.12. The number of ether oxygens (including phenoxy) is 2. The number of carbonyl (C=O) groups excluding carboxylic acids is 1. The van der Waals surface area contributed by atoms with Crippen LogP contribution < -0.4 is 5.32 Å². The van der Waals surface area contributed by atoms with Crippen LogP contribution in [0.5, 0.6) is 0 Å². The number of piperidine rings is 1. The first-order valence-corrected chi connectivity index (χ1v) is 11.7. The summed E-state index contributed by atoms with van der Waals surface area (Å²) >= 11 is 1.69. The SMILES string of the molecule is Cc1ccc2nc(-c3ccc(NC(=O)CN4CCCCC4C4OCCO4)cc3)sc2c1. The van der Waals surface area contributed by atoms with E-state index in [4.69, 9.17) is 14.5 Å². The monoisotopic (exact) mass is 437 g/mol. The Hall–Kier alpha value is -2.32. The lowest BCUT2D eigenvalue weighted by Gasteiger charge is -2.37. The summed E-state index contributed by atoms with van der Waals surface area (Å²) in [6.45, 7) is 4.63. The molecular formula is C24H27N3O3S. The molecular weight excluding hydrogens is 410 g/mol. The first-order chi connectivity index (χ1) is 15.2. The number of rotatable bonds is 5. The maximum atomic E-state index is 12.7. The molecule has 3 aromatic rings. The molecule has 1 amide bonds. The van der Waals surface area contributed by atoms with Gasteiger partial charge < -0.3 is 14.8 Å². The van der Waals surface area contributed by atoms with Gasteiger partial charge in [-0.3, -0.25) is 9.69 Å². The van der Waals surface area contributed by atoms with Gasteiger partial charge in [0.15, 0.2) is 6.29 Å². The fraction of sp³-hybridized carbons (Fsp3) is 0.417. The molecule has 1 unspecified atom stereocenters. The number of anilines is 1. The van der Waals surface area contributed by atoms with Gasteiger partial charge in [-0.15, -0.1) is 11.3 Å². The fourth-order valence-electron chi connectivity index (χ4n) is 4.36. The zero-order chi connectivity index (χ0) is 21.2. The van der Waals surface area contributed by atoms with E-state index in [-0.39, 0.29) is 18.2 Å². The predicted octanol–water partition coefficient (Wildman–Crippen LogP) is 4.44. The Labute approximate surface area is 186 Å². The van der Waals surface area contributed by atoms with Crippen LogP contribution in [0.25, 0.3) is 20.8 Å². The van der Waals surface area contributed by atoms with Crippen molar-refractivity contribution < 1.29 is 14.3 Å². The summed E-state index contributed by atoms with van der Waals surface area (Å²) in [7, 11) is 0. The molecule has 6 nitrogen and oxygen atoms in total. The average molecular weight is 438 g/mol. The largest absolute Gasteiger partial charge is 0.349 e. The quantitative estimate of drug-likeness (QED) is 0.639. The predicted molar refractivity (Wildman–Crippen MR) is 123 cm³/mol. The maximum absolute atomic E-state index is 12.7. The van der Waals surface area contributed by atoms with Crippen LogP contribution in [0.4, 0.5) is 5.69 Å². The highest BCUT2D eigenvalue weighted by Crippen LogP contribution is 2.31. The molecule has 2 aliphatic rings. The summed E-state index contributed by atoms with van der Waals surface area (Å²) in [5, 5.41) is 4.03. The molecule has 31 heavy (non-hydrogen) atoms. The molecule has 162 valence electrons. The summed E-state index contributed by atoms with van der Waals surface area (Å²) in [5.74, 6) is -0.00638. The Kier molecular flexibility index (Phi) is 6.00. The molecule has 1 aromatic heterocycles. The van der Waals surface area contributed by atoms with Crippen molar-refractivity contribution in [2.45, 2.75) is 38.5 Å². The van der Waals surface area contributed by atoms with Gasteiger partial charge in [0.1, 0.15) is 5.01 Å². The molecule has 7 heteroatoms. The smallest absolute Gasteiger partial charge is 0.238 e. The van der Waals surface area contributed by atoms with Gasteiger partial charge in [0.2, 0.25) is 5.91 Å². The number of nitrogens with one attached hydrogen (secondary N) is 1. The lowest BCUT2D eigenvalue weighted by molar-refractivity contribution is -0.127. The van der Waals surface area contributed by atoms with E-state index in [2.05, 4.69) is 35.3 Å². The summed E-state index contributed by atoms with van der Waals surface area (Å²) in [6, 6.07) is 14.4. The molecule has 1 N–H and O–H groups in total. The fourth-order valence-corrected chi connectivity index (χ4v) is 5.43. The Balaban J connectivity index is 1.23. The molecule has 0 aliphatic carbocycles. The van der Waals surface area contributed by atoms with Gasteiger partial charge in [0, 0.05) is 11.3 Å². The van der Waals surface area contributed by atoms with Gasteiger partial charge in [0.25, 0.3) is 0 Å². The number of hydrogen-bond donors (Lipinski definition) is 1. The lowest BCUT2D eigenvalue weighted by Crippen LogP contribution is -2.50. The third-order valence-corrected chi connectivity index (χ3v) is 7.00. The number of aryl methyl sites for hydroxylation is 1. The number of likely N-dealkylation sites (tertiary alicyclic amines) is 1. The third-order valence-electron chi connectivity index (χ3n) is 5.93. The standard InChI is InChI=1S/C24H27N3O3S/c1-16-5-10-19-21(14-16)31-23(26-19)17-6-8-18(9-7-17)25-22(28)15-27-11-3-2-4-20(27)24-29-12-13-30-24/h5-10,14,20,24H,2-4,11-13,15H2,1H3,(H,25,28). The summed E-state index contributed by atoms with van der Waals surface area (Å²) in [4.78, 5) is 19.6. The number of nitrogens with zero attached hydrogens (tertiary/aromatic N) is 2. The molecule has 2 saturated heterocycles. The molecule has 5 rings (SSSR count). The number of amides is 1. The molecule has 0 spiro atoms. The van der Waals surface area contributed by atoms with Crippen LogP contribution in [0.2, 0.25) is 0 Å². The average Bonchev–Trinajstić information content (AvgIpc) is 3.44. The van der Waals surface area contributed by atoms with Crippen molar-refractivity contribution in [3.63, 3.8) is 0 Å². The third kappa shape index (κ3) is 4.65. The van der Waals surface area contributed by atoms with Crippen molar-refractivity contribution in [2.24, 2.45) is 0 Å². The van der Waals surface area contributed by atoms with Crippen molar-refractivity contribution >= 4 is 33.1 Å². The molecule has 0 saturated carbocycles. The highest BCUT2D eigenvalue weighted by molar-refractivity contribution is 7.21. The van der Waals surface area contributed by atoms with Gasteiger partial charge in [-0.05, 0) is 68.3 Å². The van der Waals surface area contributed by atoms with Crippen LogP contribution in [0.15, 0.2) is 42.5 Å². The van der Waals surface area contributed by atoms with Gasteiger partial charge in [-0.25, -0.2) is 4.98 Å². The molecule has 2 aliphatic heterocycles. The minimum atomic E-state index is -0.204. The van der Waals surface area contributed by atoms with Gasteiger partial charge in [0.05, 0.1) is 36.0 Å². The second kappa shape index (κ2) is 9.04. The first-order valence-electron chi connectivity index (χ1n) is 10.9. The van der Waals surface area contributed by atoms with E-state index in [0.717, 1.165) is 47.6 Å². The number of thiazole rings is 1. The minimum absolute atomic E-state index is 0.00638. The highest BCUT2D eigenvalue weighted by atomic mass is 32.1. The second-order valence-corrected chi connectivity index (χ2v) is 9.29. The van der Waals surface area contributed by atoms with Crippen LogP contribution in [-0.4, -0.2) is 54.4 Å². The van der Waals surface area contributed by atoms with Crippen LogP contribution in [0.3, 0.4) is 0 Å². The first kappa shape index (κ1) is 20.6. The van der Waals surface area contributed by atoms with Crippen molar-refractivity contribution in [2.75, 3.05) is 31.6 Å². The van der Waals surface area contributed by atoms with Crippen LogP contribution in [0, 0.1) is 6.92 Å². The minimum Gasteiger partial charge on any atom is -0.349 e. The van der Waals surface area contributed by atoms with Crippen LogP contribution in [0.1, 0.15) is 24.8 Å². The molecule has 0 radical (unpaired) electrons. The van der Waals surface area contributed by atoms with Crippen LogP contribution in [-0.2, 0) is 14.3 Å². The van der Waals surface area contributed by atoms with Crippen molar-refractivity contribution in [3.8, 4) is 10.6 Å². The molecule has 2 fully saturated rings. The Bertz CT molecular complexity index is 1060. The van der Waals surface area contributed by atoms with Gasteiger partial charge >= 0.3 is 0 Å². The molecule has 1 atom stereocenters. The van der Waals surface area contributed by atoms with Crippen molar-refractivity contribution in [1.29, 1.82) is 0 Å². The lowest BCUT2D eigenvalue weighted by atomic mass is 10.0. The molecule has 0 bridgehead atoms. The van der Waals surface area contributed by atoms with E-state index in [1.165, 1.54) is 10.3 Å². The normalized spacial score (nSPS) is 20.4. The number of aromatic nitrogens is 1. The summed E-state index contributed by atoms with van der Waals surface area (Å²) < 4.78 is 12.6. The Morgan fingerprint density at radius 3 is 2.77 bits per heavy atom. The molecule has 2 aromatic carbocycles. The zero-order valence-corrected chi connectivity index (χ0v) is 18.5. The van der Waals surface area contributed by atoms with E-state index >= 15 is 0 Å². The van der Waals surface area contributed by atoms with Crippen molar-refractivity contribution in [1.82, 2.24) is 9.88 Å². The Morgan fingerprint density at radius 2 is 1.97 bits per heavy atom. The number of carbonyl (C=O) groups is 1. The highest BCUT2D eigenvalue weighted by Gasteiger charge is 2.34. The summed E-state index contributed by atoms with van der Waals surface area (Å²) in [6.07, 6.45) is 3.06. The topological polar surface area (TPSA) is 63.7 Å². The van der Waals surface area contributed by atoms with E-state index in [9.17, 15) is 4.79 Å². The van der Waals surface area contributed by atoms with E-state index in [1.54, 1.807) is 11.3 Å². The maximum Gasteiger partial charge on any atom is 0.238 e. The Morgan fingerprint density at radius 1 is 1.16 bits per heavy atom. The van der Waals surface area contributed by atoms with E-state index in [1.807, 2.05) is 24.3 Å². The number of fused-ring (bicyclic) bond motifs is 1. The second-order valence-electron chi connectivity index (χ2n) is 8.26. The van der Waals surface area contributed by atoms with Crippen molar-refractivity contribution in [3.05, 3.63) is 48.0 Å². The van der Waals surface area contributed by atoms with Gasteiger partial charge in [-0.1, -0.05) is 12.5 Å². The number of hydrogen-bond acceptors (Lipinski definition) is 6. The van der Waals surface area contributed by atoms with Gasteiger partial charge in [-0.2, -0.15) is 0 Å². The molecule has 3 heterocycles.